The Morgan fingerprint density at radius 2 is 1.27 bits per heavy atom. The summed E-state index contributed by atoms with van der Waals surface area (Å²) in [7, 11) is -2.52. The van der Waals surface area contributed by atoms with Gasteiger partial charge >= 0.3 is 0 Å². The average Bonchev–Trinajstić information content (AvgIpc) is 3.06. The van der Waals surface area contributed by atoms with Gasteiger partial charge in [0.05, 0.1) is 0 Å². The van der Waals surface area contributed by atoms with E-state index in [0.29, 0.717) is 0 Å². The van der Waals surface area contributed by atoms with E-state index in [0.717, 1.165) is 71.0 Å². The Labute approximate surface area is 277 Å². The standard InChI is InChI=1S/C41H60O3Si/c1-5-37(44-45(41(2,3)4,38-30-22-19-23-31-38)39-32-24-20-25-33-39)29-21-17-15-13-11-9-7-6-8-10-12-14-16-18-27-35-42-40-34-26-28-36-43-40/h19-20,22-25,30-33,37,40H,5-11,13,16,18,21,26-29,34-36H2,1-4H3. The highest BCUT2D eigenvalue weighted by atomic mass is 28.4. The molecule has 4 heteroatoms. The predicted octanol–water partition coefficient (Wildman–Crippen LogP) is 9.57. The molecule has 2 aromatic carbocycles. The van der Waals surface area contributed by atoms with Crippen molar-refractivity contribution in [3.63, 3.8) is 0 Å². The minimum absolute atomic E-state index is 0.00117. The van der Waals surface area contributed by atoms with Crippen molar-refractivity contribution in [3.05, 3.63) is 60.7 Å². The van der Waals surface area contributed by atoms with Crippen molar-refractivity contribution < 1.29 is 13.9 Å². The molecule has 246 valence electrons. The summed E-state index contributed by atoms with van der Waals surface area (Å²) >= 11 is 0. The largest absolute Gasteiger partial charge is 0.404 e. The number of hydrogen-bond acceptors (Lipinski definition) is 3. The van der Waals surface area contributed by atoms with E-state index >= 15 is 0 Å². The van der Waals surface area contributed by atoms with Gasteiger partial charge in [-0.25, -0.2) is 0 Å². The zero-order valence-electron chi connectivity index (χ0n) is 28.9. The van der Waals surface area contributed by atoms with Crippen LogP contribution in [0.5, 0.6) is 0 Å². The van der Waals surface area contributed by atoms with Crippen LogP contribution in [-0.2, 0) is 13.9 Å². The summed E-state index contributed by atoms with van der Waals surface area (Å²) in [4.78, 5) is 0. The van der Waals surface area contributed by atoms with Crippen LogP contribution in [-0.4, -0.2) is 33.9 Å². The monoisotopic (exact) mass is 628 g/mol. The minimum Gasteiger partial charge on any atom is -0.404 e. The highest BCUT2D eigenvalue weighted by molar-refractivity contribution is 6.99. The van der Waals surface area contributed by atoms with Gasteiger partial charge in [-0.3, -0.25) is 0 Å². The van der Waals surface area contributed by atoms with Crippen molar-refractivity contribution in [2.45, 2.75) is 148 Å². The average molecular weight is 629 g/mol. The molecule has 1 fully saturated rings. The summed E-state index contributed by atoms with van der Waals surface area (Å²) in [5.41, 5.74) is 0. The predicted molar refractivity (Wildman–Crippen MR) is 193 cm³/mol. The molecule has 0 aromatic heterocycles. The summed E-state index contributed by atoms with van der Waals surface area (Å²) in [5, 5.41) is 2.70. The fraction of sp³-hybridized carbons (Fsp3) is 0.610. The summed E-state index contributed by atoms with van der Waals surface area (Å²) in [6, 6.07) is 21.9. The number of ether oxygens (including phenoxy) is 2. The Bertz CT molecular complexity index is 1120. The van der Waals surface area contributed by atoms with Crippen molar-refractivity contribution >= 4 is 18.7 Å². The van der Waals surface area contributed by atoms with E-state index in [2.05, 4.69) is 112 Å². The summed E-state index contributed by atoms with van der Waals surface area (Å²) in [6.45, 7) is 11.0. The first-order chi connectivity index (χ1) is 22.0. The highest BCUT2D eigenvalue weighted by Crippen LogP contribution is 2.38. The second-order valence-corrected chi connectivity index (χ2v) is 17.7. The maximum absolute atomic E-state index is 7.33. The number of hydrogen-bond donors (Lipinski definition) is 0. The van der Waals surface area contributed by atoms with E-state index < -0.39 is 8.32 Å². The fourth-order valence-electron chi connectivity index (χ4n) is 6.20. The lowest BCUT2D eigenvalue weighted by Gasteiger charge is -2.45. The van der Waals surface area contributed by atoms with Crippen LogP contribution in [0.1, 0.15) is 130 Å². The van der Waals surface area contributed by atoms with E-state index in [1.54, 1.807) is 0 Å². The second-order valence-electron chi connectivity index (χ2n) is 13.4. The molecule has 3 nitrogen and oxygen atoms in total. The quantitative estimate of drug-likeness (QED) is 0.0935. The van der Waals surface area contributed by atoms with Gasteiger partial charge in [-0.15, -0.1) is 23.7 Å². The van der Waals surface area contributed by atoms with Crippen molar-refractivity contribution in [1.29, 1.82) is 0 Å². The molecule has 0 spiro atoms. The molecule has 1 aliphatic heterocycles. The maximum Gasteiger partial charge on any atom is 0.261 e. The molecule has 0 N–H and O–H groups in total. The SMILES string of the molecule is CCC(CCC#CCCCCCCCC#CCCCCOC1CCCCO1)O[Si](c1ccccc1)(c1ccccc1)C(C)(C)C. The Morgan fingerprint density at radius 3 is 1.78 bits per heavy atom. The van der Waals surface area contributed by atoms with E-state index in [9.17, 15) is 0 Å². The molecule has 1 saturated heterocycles. The van der Waals surface area contributed by atoms with Gasteiger partial charge in [-0.1, -0.05) is 108 Å². The summed E-state index contributed by atoms with van der Waals surface area (Å²) < 4.78 is 18.7. The van der Waals surface area contributed by atoms with Crippen molar-refractivity contribution in [2.24, 2.45) is 0 Å². The number of unbranched alkanes of at least 4 members (excludes halogenated alkanes) is 8. The number of benzene rings is 2. The molecule has 0 bridgehead atoms. The molecule has 1 heterocycles. The van der Waals surface area contributed by atoms with E-state index in [-0.39, 0.29) is 17.4 Å². The molecular weight excluding hydrogens is 569 g/mol. The summed E-state index contributed by atoms with van der Waals surface area (Å²) in [5.74, 6) is 13.6. The molecule has 0 saturated carbocycles. The Kier molecular flexibility index (Phi) is 17.7. The molecule has 2 aromatic rings. The van der Waals surface area contributed by atoms with Crippen LogP contribution >= 0.6 is 0 Å². The van der Waals surface area contributed by atoms with Crippen molar-refractivity contribution in [3.8, 4) is 23.7 Å². The van der Waals surface area contributed by atoms with Crippen LogP contribution in [0.2, 0.25) is 5.04 Å². The maximum atomic E-state index is 7.33. The van der Waals surface area contributed by atoms with Crippen molar-refractivity contribution in [2.75, 3.05) is 13.2 Å². The minimum atomic E-state index is -2.52. The van der Waals surface area contributed by atoms with Gasteiger partial charge in [0.15, 0.2) is 6.29 Å². The van der Waals surface area contributed by atoms with Crippen LogP contribution in [0.25, 0.3) is 0 Å². The Morgan fingerprint density at radius 1 is 0.733 bits per heavy atom. The first-order valence-corrected chi connectivity index (χ1v) is 19.8. The van der Waals surface area contributed by atoms with Gasteiger partial charge in [-0.05, 0) is 73.2 Å². The normalized spacial score (nSPS) is 15.9. The van der Waals surface area contributed by atoms with Gasteiger partial charge in [0, 0.05) is 45.0 Å². The van der Waals surface area contributed by atoms with E-state index in [1.165, 1.54) is 55.3 Å². The van der Waals surface area contributed by atoms with Crippen molar-refractivity contribution in [1.82, 2.24) is 0 Å². The first-order valence-electron chi connectivity index (χ1n) is 17.9. The lowest BCUT2D eigenvalue weighted by molar-refractivity contribution is -0.162. The zero-order valence-corrected chi connectivity index (χ0v) is 29.9. The van der Waals surface area contributed by atoms with Crippen LogP contribution in [0.4, 0.5) is 0 Å². The van der Waals surface area contributed by atoms with Gasteiger partial charge in [-0.2, -0.15) is 0 Å². The molecule has 0 radical (unpaired) electrons. The first kappa shape index (κ1) is 37.1. The lowest BCUT2D eigenvalue weighted by Crippen LogP contribution is -2.67. The number of rotatable bonds is 18. The van der Waals surface area contributed by atoms with Gasteiger partial charge in [0.1, 0.15) is 0 Å². The molecule has 0 amide bonds. The summed E-state index contributed by atoms with van der Waals surface area (Å²) in [6.07, 6.45) is 18.0. The smallest absolute Gasteiger partial charge is 0.261 e. The molecule has 45 heavy (non-hydrogen) atoms. The fourth-order valence-corrected chi connectivity index (χ4v) is 11.0. The van der Waals surface area contributed by atoms with Crippen LogP contribution in [0.3, 0.4) is 0 Å². The van der Waals surface area contributed by atoms with Gasteiger partial charge in [0.25, 0.3) is 8.32 Å². The van der Waals surface area contributed by atoms with Gasteiger partial charge in [0.2, 0.25) is 0 Å². The van der Waals surface area contributed by atoms with Crippen LogP contribution in [0.15, 0.2) is 60.7 Å². The second kappa shape index (κ2) is 21.5. The molecule has 3 rings (SSSR count). The third-order valence-corrected chi connectivity index (χ3v) is 13.9. The highest BCUT2D eigenvalue weighted by Gasteiger charge is 2.51. The van der Waals surface area contributed by atoms with Crippen LogP contribution in [0, 0.1) is 23.7 Å². The van der Waals surface area contributed by atoms with E-state index in [1.807, 2.05) is 0 Å². The third kappa shape index (κ3) is 13.1. The molecule has 2 unspecified atom stereocenters. The molecule has 0 aliphatic carbocycles. The van der Waals surface area contributed by atoms with E-state index in [4.69, 9.17) is 13.9 Å². The lowest BCUT2D eigenvalue weighted by atomic mass is 10.1. The van der Waals surface area contributed by atoms with Crippen LogP contribution < -0.4 is 10.4 Å². The zero-order chi connectivity index (χ0) is 32.1. The topological polar surface area (TPSA) is 27.7 Å². The molecule has 2 atom stereocenters. The Balaban J connectivity index is 1.29. The third-order valence-electron chi connectivity index (χ3n) is 8.80. The van der Waals surface area contributed by atoms with Gasteiger partial charge < -0.3 is 13.9 Å². The molecular formula is C41H60O3Si. The Hall–Kier alpha value is -2.34. The molecule has 1 aliphatic rings.